The number of rotatable bonds is 6. The Morgan fingerprint density at radius 2 is 2.26 bits per heavy atom. The number of nitroso groups, excluding NO2 is 1. The molecule has 31 heavy (non-hydrogen) atoms. The Kier molecular flexibility index (Phi) is 5.71. The highest BCUT2D eigenvalue weighted by molar-refractivity contribution is 6.05. The van der Waals surface area contributed by atoms with Crippen LogP contribution in [0, 0.1) is 22.1 Å². The van der Waals surface area contributed by atoms with Crippen LogP contribution in [0.3, 0.4) is 0 Å². The molecule has 2 heterocycles. The second-order valence-corrected chi connectivity index (χ2v) is 8.56. The molecule has 1 aliphatic carbocycles. The number of allylic oxidation sites excluding steroid dienone is 3. The topological polar surface area (TPSA) is 111 Å². The van der Waals surface area contributed by atoms with Crippen LogP contribution < -0.4 is 11.1 Å². The average Bonchev–Trinajstić information content (AvgIpc) is 3.40. The molecule has 1 aromatic heterocycles. The molecule has 1 fully saturated rings. The van der Waals surface area contributed by atoms with Crippen molar-refractivity contribution < 1.29 is 9.15 Å². The molecule has 0 amide bonds. The summed E-state index contributed by atoms with van der Waals surface area (Å²) in [6, 6.07) is 5.48. The van der Waals surface area contributed by atoms with Crippen LogP contribution in [0.15, 0.2) is 42.1 Å². The van der Waals surface area contributed by atoms with Gasteiger partial charge in [0.1, 0.15) is 0 Å². The normalized spacial score (nSPS) is 21.1. The van der Waals surface area contributed by atoms with Gasteiger partial charge in [-0.1, -0.05) is 12.6 Å². The van der Waals surface area contributed by atoms with Crippen LogP contribution in [-0.2, 0) is 13.0 Å². The number of benzene rings is 1. The molecule has 162 valence electrons. The number of aromatic nitrogens is 2. The number of aromatic amines is 1. The summed E-state index contributed by atoms with van der Waals surface area (Å²) in [7, 11) is 0. The van der Waals surface area contributed by atoms with E-state index in [0.29, 0.717) is 41.3 Å². The molecule has 7 nitrogen and oxygen atoms in total. The number of nitrogens with two attached hydrogens (primary N) is 1. The Morgan fingerprint density at radius 1 is 1.45 bits per heavy atom. The van der Waals surface area contributed by atoms with E-state index in [1.165, 1.54) is 0 Å². The van der Waals surface area contributed by atoms with E-state index in [1.54, 1.807) is 19.1 Å². The van der Waals surface area contributed by atoms with Gasteiger partial charge in [0.2, 0.25) is 6.54 Å². The first-order chi connectivity index (χ1) is 14.8. The molecule has 0 spiro atoms. The van der Waals surface area contributed by atoms with Gasteiger partial charge in [-0.15, -0.1) is 0 Å². The molecular formula is C23H28FN6O+. The third-order valence-electron chi connectivity index (χ3n) is 6.28. The Bertz CT molecular complexity index is 1090. The highest BCUT2D eigenvalue weighted by Gasteiger charge is 2.29. The fourth-order valence-electron chi connectivity index (χ4n) is 4.39. The molecule has 0 radical (unpaired) electrons. The summed E-state index contributed by atoms with van der Waals surface area (Å²) in [5.41, 5.74) is 10.7. The van der Waals surface area contributed by atoms with Gasteiger partial charge >= 0.3 is 0 Å². The van der Waals surface area contributed by atoms with E-state index < -0.39 is 0 Å². The van der Waals surface area contributed by atoms with Crippen molar-refractivity contribution in [3.63, 3.8) is 0 Å². The Morgan fingerprint density at radius 3 is 3.03 bits per heavy atom. The monoisotopic (exact) mass is 423 g/mol. The van der Waals surface area contributed by atoms with Crippen molar-refractivity contribution in [3.05, 3.63) is 69.7 Å². The van der Waals surface area contributed by atoms with Crippen LogP contribution in [-0.4, -0.2) is 27.2 Å². The molecule has 1 saturated carbocycles. The zero-order valence-corrected chi connectivity index (χ0v) is 17.7. The molecule has 0 bridgehead atoms. The zero-order valence-electron chi connectivity index (χ0n) is 17.7. The fraction of sp³-hybridized carbons (Fsp3) is 0.391. The fourth-order valence-corrected chi connectivity index (χ4v) is 4.39. The molecule has 0 saturated heterocycles. The lowest BCUT2D eigenvalue weighted by Gasteiger charge is -2.14. The standard InChI is InChI=1S/C23H28FN6O/c1-13(2)18(25)10-19(26)15-3-4-16(9-15)21-11-22(29-28-21)27-20-6-5-14-7-8-30(31)12-17(14)23(20)24/h5-6,10-11,15-16,25H,1,3-4,7-9,12,26H2,2H3,(H2,27,28,29)/q+1/b19-10-,25-18?. The van der Waals surface area contributed by atoms with E-state index in [4.69, 9.17) is 11.1 Å². The van der Waals surface area contributed by atoms with Crippen molar-refractivity contribution in [2.24, 2.45) is 11.7 Å². The van der Waals surface area contributed by atoms with Crippen LogP contribution >= 0.6 is 0 Å². The van der Waals surface area contributed by atoms with Crippen LogP contribution in [0.1, 0.15) is 48.9 Å². The first kappa shape index (κ1) is 21.0. The van der Waals surface area contributed by atoms with Crippen LogP contribution in [0.5, 0.6) is 0 Å². The predicted octanol–water partition coefficient (Wildman–Crippen LogP) is 4.45. The first-order valence-electron chi connectivity index (χ1n) is 10.6. The molecule has 2 aromatic rings. The summed E-state index contributed by atoms with van der Waals surface area (Å²) in [6.07, 6.45) is 5.06. The maximum absolute atomic E-state index is 14.9. The molecular weight excluding hydrogens is 395 g/mol. The largest absolute Gasteiger partial charge is 0.402 e. The highest BCUT2D eigenvalue weighted by atomic mass is 19.1. The number of hydrogen-bond donors (Lipinski definition) is 4. The zero-order chi connectivity index (χ0) is 22.1. The Labute approximate surface area is 180 Å². The first-order valence-corrected chi connectivity index (χ1v) is 10.6. The van der Waals surface area contributed by atoms with Gasteiger partial charge in [-0.05, 0) is 55.4 Å². The minimum Gasteiger partial charge on any atom is -0.402 e. The maximum atomic E-state index is 14.9. The van der Waals surface area contributed by atoms with Gasteiger partial charge in [0.15, 0.2) is 18.2 Å². The summed E-state index contributed by atoms with van der Waals surface area (Å²) in [6.45, 7) is 6.05. The molecule has 2 unspecified atom stereocenters. The number of H-pyrrole nitrogens is 1. The summed E-state index contributed by atoms with van der Waals surface area (Å²) in [4.78, 5) is 11.6. The second-order valence-electron chi connectivity index (χ2n) is 8.56. The molecule has 1 aliphatic heterocycles. The number of halogens is 1. The lowest BCUT2D eigenvalue weighted by molar-refractivity contribution is -0.568. The Balaban J connectivity index is 1.44. The van der Waals surface area contributed by atoms with Crippen LogP contribution in [0.25, 0.3) is 0 Å². The van der Waals surface area contributed by atoms with Gasteiger partial charge in [0, 0.05) is 39.5 Å². The van der Waals surface area contributed by atoms with Crippen molar-refractivity contribution in [2.75, 3.05) is 11.9 Å². The number of nitrogens with one attached hydrogen (secondary N) is 3. The van der Waals surface area contributed by atoms with E-state index in [9.17, 15) is 9.30 Å². The minimum atomic E-state index is -0.388. The smallest absolute Gasteiger partial charge is 0.220 e. The van der Waals surface area contributed by atoms with Gasteiger partial charge in [0.05, 0.1) is 17.0 Å². The van der Waals surface area contributed by atoms with Gasteiger partial charge in [-0.2, -0.15) is 5.10 Å². The third kappa shape index (κ3) is 4.42. The lowest BCUT2D eigenvalue weighted by atomic mass is 9.98. The van der Waals surface area contributed by atoms with Crippen LogP contribution in [0.4, 0.5) is 15.9 Å². The Hall–Kier alpha value is -3.29. The maximum Gasteiger partial charge on any atom is 0.220 e. The highest BCUT2D eigenvalue weighted by Crippen LogP contribution is 2.40. The summed E-state index contributed by atoms with van der Waals surface area (Å²) >= 11 is 0. The minimum absolute atomic E-state index is 0.0732. The van der Waals surface area contributed by atoms with E-state index in [-0.39, 0.29) is 24.2 Å². The van der Waals surface area contributed by atoms with Gasteiger partial charge < -0.3 is 16.5 Å². The van der Waals surface area contributed by atoms with E-state index in [0.717, 1.165) is 41.0 Å². The summed E-state index contributed by atoms with van der Waals surface area (Å²) in [5.74, 6) is 0.653. The molecule has 2 aliphatic rings. The van der Waals surface area contributed by atoms with Crippen molar-refractivity contribution in [3.8, 4) is 0 Å². The van der Waals surface area contributed by atoms with E-state index in [2.05, 4.69) is 22.1 Å². The molecule has 4 rings (SSSR count). The molecule has 5 N–H and O–H groups in total. The lowest BCUT2D eigenvalue weighted by Crippen LogP contribution is -2.21. The molecule has 8 heteroatoms. The summed E-state index contributed by atoms with van der Waals surface area (Å²) in [5, 5.41) is 18.3. The number of fused-ring (bicyclic) bond motifs is 1. The van der Waals surface area contributed by atoms with Crippen molar-refractivity contribution in [1.82, 2.24) is 10.2 Å². The van der Waals surface area contributed by atoms with Gasteiger partial charge in [0.25, 0.3) is 0 Å². The quantitative estimate of drug-likeness (QED) is 0.406. The van der Waals surface area contributed by atoms with Crippen molar-refractivity contribution >= 4 is 17.2 Å². The van der Waals surface area contributed by atoms with Crippen LogP contribution in [0.2, 0.25) is 0 Å². The second kappa shape index (κ2) is 8.45. The predicted molar refractivity (Wildman–Crippen MR) is 119 cm³/mol. The van der Waals surface area contributed by atoms with Crippen molar-refractivity contribution in [1.29, 1.82) is 5.41 Å². The molecule has 1 aromatic carbocycles. The van der Waals surface area contributed by atoms with Gasteiger partial charge in [-0.25, -0.2) is 4.39 Å². The number of hydrogen-bond acceptors (Lipinski definition) is 5. The third-order valence-corrected chi connectivity index (χ3v) is 6.28. The molecule has 2 atom stereocenters. The SMILES string of the molecule is C=C(C)C(=N)/C=C(\N)C1CCC(c2cc(Nc3ccc4c(c3F)C[N+](=O)CC4)n[nH]2)C1. The average molecular weight is 424 g/mol. The summed E-state index contributed by atoms with van der Waals surface area (Å²) < 4.78 is 15.8. The number of anilines is 2. The van der Waals surface area contributed by atoms with Crippen molar-refractivity contribution in [2.45, 2.75) is 45.1 Å². The van der Waals surface area contributed by atoms with Gasteiger partial charge in [-0.3, -0.25) is 5.10 Å². The van der Waals surface area contributed by atoms with E-state index >= 15 is 0 Å². The van der Waals surface area contributed by atoms with E-state index in [1.807, 2.05) is 12.1 Å². The number of nitrogens with zero attached hydrogens (tertiary/aromatic N) is 2.